The first-order valence-electron chi connectivity index (χ1n) is 11.6. The van der Waals surface area contributed by atoms with E-state index in [-0.39, 0.29) is 11.2 Å². The van der Waals surface area contributed by atoms with E-state index in [1.54, 1.807) is 44.6 Å². The molecule has 0 unspecified atom stereocenters. The molecule has 0 bridgehead atoms. The monoisotopic (exact) mass is 472 g/mol. The maximum Gasteiger partial charge on any atom is 0.200 e. The van der Waals surface area contributed by atoms with Crippen molar-refractivity contribution in [1.29, 1.82) is 0 Å². The maximum atomic E-state index is 13.4. The average Bonchev–Trinajstić information content (AvgIpc) is 2.91. The zero-order valence-corrected chi connectivity index (χ0v) is 19.9. The predicted octanol–water partition coefficient (Wildman–Crippen LogP) is 4.51. The molecule has 3 aromatic carbocycles. The number of piperazine rings is 1. The number of nitrogens with zero attached hydrogens (tertiary/aromatic N) is 2. The normalized spacial score (nSPS) is 14.3. The van der Waals surface area contributed by atoms with E-state index in [1.165, 1.54) is 12.0 Å². The van der Waals surface area contributed by atoms with Crippen molar-refractivity contribution in [3.05, 3.63) is 82.7 Å². The first-order chi connectivity index (χ1) is 17.1. The summed E-state index contributed by atoms with van der Waals surface area (Å²) in [7, 11) is 3.12. The Bertz CT molecular complexity index is 1390. The molecular weight excluding hydrogens is 444 g/mol. The number of para-hydroxylation sites is 1. The van der Waals surface area contributed by atoms with Gasteiger partial charge in [0, 0.05) is 38.4 Å². The molecule has 0 saturated carbocycles. The molecule has 180 valence electrons. The summed E-state index contributed by atoms with van der Waals surface area (Å²) in [5.41, 5.74) is 3.20. The molecule has 1 saturated heterocycles. The largest absolute Gasteiger partial charge is 0.507 e. The van der Waals surface area contributed by atoms with Gasteiger partial charge < -0.3 is 23.9 Å². The second-order valence-electron chi connectivity index (χ2n) is 8.59. The third-order valence-corrected chi connectivity index (χ3v) is 6.59. The molecule has 0 spiro atoms. The van der Waals surface area contributed by atoms with Crippen molar-refractivity contribution in [3.8, 4) is 28.4 Å². The summed E-state index contributed by atoms with van der Waals surface area (Å²) >= 11 is 0. The quantitative estimate of drug-likeness (QED) is 0.443. The standard InChI is InChI=1S/C28H28N2O5/c1-33-25-11-8-19(16-26(25)34-2)23-18-35-28-21(27(23)32)9-10-24(31)22(28)17-29-12-14-30(15-13-29)20-6-4-3-5-7-20/h3-11,16,18,31H,12-15,17H2,1-2H3. The van der Waals surface area contributed by atoms with Gasteiger partial charge in [0.05, 0.1) is 30.7 Å². The minimum atomic E-state index is -0.159. The van der Waals surface area contributed by atoms with Gasteiger partial charge in [0.25, 0.3) is 0 Å². The molecule has 0 aliphatic carbocycles. The Hall–Kier alpha value is -3.97. The smallest absolute Gasteiger partial charge is 0.200 e. The van der Waals surface area contributed by atoms with Crippen LogP contribution in [0.15, 0.2) is 76.1 Å². The van der Waals surface area contributed by atoms with Crippen LogP contribution in [0.2, 0.25) is 0 Å². The summed E-state index contributed by atoms with van der Waals surface area (Å²) in [6.45, 7) is 3.98. The van der Waals surface area contributed by atoms with Crippen LogP contribution in [0.5, 0.6) is 17.2 Å². The van der Waals surface area contributed by atoms with Crippen molar-refractivity contribution in [2.75, 3.05) is 45.3 Å². The fourth-order valence-corrected chi connectivity index (χ4v) is 4.63. The Morgan fingerprint density at radius 1 is 0.914 bits per heavy atom. The van der Waals surface area contributed by atoms with Crippen molar-refractivity contribution in [2.24, 2.45) is 0 Å². The molecule has 1 fully saturated rings. The average molecular weight is 473 g/mol. The van der Waals surface area contributed by atoms with Crippen LogP contribution < -0.4 is 19.8 Å². The third kappa shape index (κ3) is 4.42. The van der Waals surface area contributed by atoms with E-state index in [2.05, 4.69) is 21.9 Å². The lowest BCUT2D eigenvalue weighted by molar-refractivity contribution is 0.246. The van der Waals surface area contributed by atoms with E-state index in [1.807, 2.05) is 18.2 Å². The summed E-state index contributed by atoms with van der Waals surface area (Å²) in [6.07, 6.45) is 1.46. The van der Waals surface area contributed by atoms with Crippen molar-refractivity contribution in [2.45, 2.75) is 6.54 Å². The SMILES string of the molecule is COc1ccc(-c2coc3c(CN4CCN(c5ccccc5)CC4)c(O)ccc3c2=O)cc1OC. The number of phenolic OH excluding ortho intramolecular Hbond substituents is 1. The fourth-order valence-electron chi connectivity index (χ4n) is 4.63. The lowest BCUT2D eigenvalue weighted by atomic mass is 10.0. The first-order valence-corrected chi connectivity index (χ1v) is 11.6. The van der Waals surface area contributed by atoms with Crippen LogP contribution in [0.4, 0.5) is 5.69 Å². The van der Waals surface area contributed by atoms with Crippen molar-refractivity contribution >= 4 is 16.7 Å². The molecule has 7 heteroatoms. The molecule has 0 atom stereocenters. The number of aromatic hydroxyl groups is 1. The number of methoxy groups -OCH3 is 2. The molecule has 35 heavy (non-hydrogen) atoms. The highest BCUT2D eigenvalue weighted by Gasteiger charge is 2.21. The second kappa shape index (κ2) is 9.72. The molecule has 1 aliphatic rings. The van der Waals surface area contributed by atoms with Gasteiger partial charge >= 0.3 is 0 Å². The summed E-state index contributed by atoms with van der Waals surface area (Å²) in [4.78, 5) is 18.0. The summed E-state index contributed by atoms with van der Waals surface area (Å²) in [5.74, 6) is 1.25. The Kier molecular flexibility index (Phi) is 6.33. The van der Waals surface area contributed by atoms with Crippen molar-refractivity contribution in [3.63, 3.8) is 0 Å². The molecule has 7 nitrogen and oxygen atoms in total. The topological polar surface area (TPSA) is 75.4 Å². The molecule has 1 aromatic heterocycles. The number of rotatable bonds is 6. The molecule has 0 amide bonds. The van der Waals surface area contributed by atoms with E-state index in [9.17, 15) is 9.90 Å². The van der Waals surface area contributed by atoms with Crippen LogP contribution in [0.3, 0.4) is 0 Å². The van der Waals surface area contributed by atoms with E-state index in [0.717, 1.165) is 26.2 Å². The van der Waals surface area contributed by atoms with E-state index in [0.29, 0.717) is 45.7 Å². The number of hydrogen-bond acceptors (Lipinski definition) is 7. The van der Waals surface area contributed by atoms with Crippen LogP contribution in [-0.4, -0.2) is 50.4 Å². The molecule has 2 heterocycles. The van der Waals surface area contributed by atoms with Crippen LogP contribution in [0, 0.1) is 0 Å². The summed E-state index contributed by atoms with van der Waals surface area (Å²) in [5, 5.41) is 11.1. The van der Waals surface area contributed by atoms with Crippen molar-refractivity contribution in [1.82, 2.24) is 4.90 Å². The zero-order valence-electron chi connectivity index (χ0n) is 19.9. The molecule has 1 N–H and O–H groups in total. The van der Waals surface area contributed by atoms with E-state index < -0.39 is 0 Å². The highest BCUT2D eigenvalue weighted by Crippen LogP contribution is 2.33. The molecule has 1 aliphatic heterocycles. The fraction of sp³-hybridized carbons (Fsp3) is 0.250. The highest BCUT2D eigenvalue weighted by molar-refractivity contribution is 5.86. The molecule has 0 radical (unpaired) electrons. The van der Waals surface area contributed by atoms with Gasteiger partial charge in [0.1, 0.15) is 17.6 Å². The maximum absolute atomic E-state index is 13.4. The Morgan fingerprint density at radius 3 is 2.37 bits per heavy atom. The van der Waals surface area contributed by atoms with E-state index >= 15 is 0 Å². The van der Waals surface area contributed by atoms with Gasteiger partial charge in [-0.25, -0.2) is 0 Å². The number of fused-ring (bicyclic) bond motifs is 1. The van der Waals surface area contributed by atoms with Gasteiger partial charge in [-0.05, 0) is 42.0 Å². The highest BCUT2D eigenvalue weighted by atomic mass is 16.5. The Morgan fingerprint density at radius 2 is 1.66 bits per heavy atom. The van der Waals surface area contributed by atoms with Gasteiger partial charge in [-0.2, -0.15) is 0 Å². The summed E-state index contributed by atoms with van der Waals surface area (Å²) < 4.78 is 16.7. The Labute approximate surface area is 203 Å². The van der Waals surface area contributed by atoms with Crippen LogP contribution in [0.25, 0.3) is 22.1 Å². The zero-order chi connectivity index (χ0) is 24.4. The van der Waals surface area contributed by atoms with Gasteiger partial charge in [-0.3, -0.25) is 9.69 Å². The minimum Gasteiger partial charge on any atom is -0.507 e. The molecule has 4 aromatic rings. The van der Waals surface area contributed by atoms with Gasteiger partial charge in [0.2, 0.25) is 5.43 Å². The summed E-state index contributed by atoms with van der Waals surface area (Å²) in [6, 6.07) is 18.9. The number of hydrogen-bond donors (Lipinski definition) is 1. The van der Waals surface area contributed by atoms with Crippen LogP contribution in [-0.2, 0) is 6.54 Å². The number of ether oxygens (including phenoxy) is 2. The second-order valence-corrected chi connectivity index (χ2v) is 8.59. The van der Waals surface area contributed by atoms with E-state index in [4.69, 9.17) is 13.9 Å². The third-order valence-electron chi connectivity index (χ3n) is 6.59. The minimum absolute atomic E-state index is 0.130. The van der Waals surface area contributed by atoms with Crippen molar-refractivity contribution < 1.29 is 19.0 Å². The Balaban J connectivity index is 1.42. The van der Waals surface area contributed by atoms with Crippen LogP contribution in [0.1, 0.15) is 5.56 Å². The van der Waals surface area contributed by atoms with Gasteiger partial charge in [-0.15, -0.1) is 0 Å². The number of anilines is 1. The van der Waals surface area contributed by atoms with Crippen LogP contribution >= 0.6 is 0 Å². The first kappa shape index (κ1) is 22.8. The molecular formula is C28H28N2O5. The molecule has 5 rings (SSSR count). The number of benzene rings is 3. The number of phenols is 1. The predicted molar refractivity (Wildman–Crippen MR) is 137 cm³/mol. The lowest BCUT2D eigenvalue weighted by Crippen LogP contribution is -2.46. The lowest BCUT2D eigenvalue weighted by Gasteiger charge is -2.36. The van der Waals surface area contributed by atoms with Gasteiger partial charge in [0.15, 0.2) is 11.5 Å². The van der Waals surface area contributed by atoms with Gasteiger partial charge in [-0.1, -0.05) is 24.3 Å².